The number of carbonyl (C=O) groups is 3. The van der Waals surface area contributed by atoms with Gasteiger partial charge in [-0.15, -0.1) is 0 Å². The van der Waals surface area contributed by atoms with Crippen LogP contribution in [0.1, 0.15) is 17.3 Å². The fourth-order valence-corrected chi connectivity index (χ4v) is 2.98. The zero-order chi connectivity index (χ0) is 20.1. The molecule has 0 unspecified atom stereocenters. The highest BCUT2D eigenvalue weighted by atomic mass is 16.2. The van der Waals surface area contributed by atoms with Crippen LogP contribution >= 0.6 is 0 Å². The molecule has 1 saturated heterocycles. The first-order valence-electron chi connectivity index (χ1n) is 9.19. The van der Waals surface area contributed by atoms with Gasteiger partial charge in [0.2, 0.25) is 0 Å². The molecular weight excluding hydrogens is 356 g/mol. The van der Waals surface area contributed by atoms with Crippen molar-refractivity contribution < 1.29 is 14.4 Å². The van der Waals surface area contributed by atoms with Crippen LogP contribution in [-0.2, 0) is 9.59 Å². The maximum absolute atomic E-state index is 12.1. The second kappa shape index (κ2) is 8.67. The third-order valence-electron chi connectivity index (χ3n) is 4.75. The number of hydrogen-bond donors (Lipinski definition) is 2. The molecule has 0 bridgehead atoms. The van der Waals surface area contributed by atoms with E-state index in [1.807, 2.05) is 12.1 Å². The van der Waals surface area contributed by atoms with Gasteiger partial charge in [0, 0.05) is 48.8 Å². The van der Waals surface area contributed by atoms with Gasteiger partial charge in [-0.25, -0.2) is 0 Å². The summed E-state index contributed by atoms with van der Waals surface area (Å²) in [6.07, 6.45) is 0. The van der Waals surface area contributed by atoms with Crippen LogP contribution in [0.15, 0.2) is 48.5 Å². The molecular formula is C21H24N4O3. The third kappa shape index (κ3) is 4.95. The topological polar surface area (TPSA) is 81.7 Å². The zero-order valence-corrected chi connectivity index (χ0v) is 16.1. The Hall–Kier alpha value is -3.19. The number of carbonyl (C=O) groups excluding carboxylic acids is 3. The Kier molecular flexibility index (Phi) is 6.06. The first kappa shape index (κ1) is 19.6. The smallest absolute Gasteiger partial charge is 0.314 e. The molecule has 7 nitrogen and oxygen atoms in total. The van der Waals surface area contributed by atoms with E-state index in [0.717, 1.165) is 31.9 Å². The molecule has 1 fully saturated rings. The van der Waals surface area contributed by atoms with E-state index in [-0.39, 0.29) is 5.78 Å². The molecule has 146 valence electrons. The normalized spacial score (nSPS) is 14.4. The Morgan fingerprint density at radius 3 is 1.68 bits per heavy atom. The molecule has 3 rings (SSSR count). The van der Waals surface area contributed by atoms with Crippen molar-refractivity contribution in [2.45, 2.75) is 6.92 Å². The van der Waals surface area contributed by atoms with Crippen LogP contribution in [0.3, 0.4) is 0 Å². The number of nitrogens with zero attached hydrogens (tertiary/aromatic N) is 2. The van der Waals surface area contributed by atoms with E-state index in [0.29, 0.717) is 16.9 Å². The Balaban J connectivity index is 1.55. The Bertz CT molecular complexity index is 854. The van der Waals surface area contributed by atoms with E-state index in [2.05, 4.69) is 27.5 Å². The minimum atomic E-state index is -0.765. The molecule has 0 spiro atoms. The van der Waals surface area contributed by atoms with Crippen molar-refractivity contribution in [2.24, 2.45) is 0 Å². The molecule has 2 amide bonds. The molecule has 28 heavy (non-hydrogen) atoms. The van der Waals surface area contributed by atoms with Gasteiger partial charge in [0.15, 0.2) is 5.78 Å². The molecule has 0 saturated carbocycles. The van der Waals surface area contributed by atoms with Crippen LogP contribution in [0.2, 0.25) is 0 Å². The molecule has 2 aromatic rings. The van der Waals surface area contributed by atoms with Crippen molar-refractivity contribution in [1.82, 2.24) is 4.90 Å². The largest absolute Gasteiger partial charge is 0.369 e. The van der Waals surface area contributed by atoms with E-state index in [9.17, 15) is 14.4 Å². The highest BCUT2D eigenvalue weighted by molar-refractivity contribution is 6.43. The van der Waals surface area contributed by atoms with E-state index < -0.39 is 11.8 Å². The van der Waals surface area contributed by atoms with Crippen molar-refractivity contribution in [3.63, 3.8) is 0 Å². The summed E-state index contributed by atoms with van der Waals surface area (Å²) in [5.41, 5.74) is 2.66. The molecule has 1 aliphatic heterocycles. The summed E-state index contributed by atoms with van der Waals surface area (Å²) >= 11 is 0. The number of rotatable bonds is 4. The van der Waals surface area contributed by atoms with Gasteiger partial charge in [-0.1, -0.05) is 0 Å². The van der Waals surface area contributed by atoms with Gasteiger partial charge < -0.3 is 20.4 Å². The second-order valence-electron chi connectivity index (χ2n) is 6.88. The van der Waals surface area contributed by atoms with Crippen molar-refractivity contribution in [3.05, 3.63) is 54.1 Å². The van der Waals surface area contributed by atoms with E-state index in [1.165, 1.54) is 6.92 Å². The Morgan fingerprint density at radius 1 is 0.750 bits per heavy atom. The first-order chi connectivity index (χ1) is 13.4. The van der Waals surface area contributed by atoms with E-state index in [4.69, 9.17) is 0 Å². The Labute approximate surface area is 164 Å². The number of Topliss-reactive ketones (excluding diaryl/α,β-unsaturated/α-hetero) is 1. The SMILES string of the molecule is CC(=O)c1ccc(NC(=O)C(=O)Nc2ccc(N3CCN(C)CC3)cc2)cc1. The number of piperazine rings is 1. The maximum Gasteiger partial charge on any atom is 0.314 e. The number of hydrogen-bond acceptors (Lipinski definition) is 5. The quantitative estimate of drug-likeness (QED) is 0.628. The molecule has 0 radical (unpaired) electrons. The minimum Gasteiger partial charge on any atom is -0.369 e. The predicted octanol–water partition coefficient (Wildman–Crippen LogP) is 2.22. The summed E-state index contributed by atoms with van der Waals surface area (Å²) in [6.45, 7) is 5.44. The van der Waals surface area contributed by atoms with Crippen LogP contribution in [0.4, 0.5) is 17.1 Å². The lowest BCUT2D eigenvalue weighted by Gasteiger charge is -2.34. The monoisotopic (exact) mass is 380 g/mol. The standard InChI is InChI=1S/C21H24N4O3/c1-15(26)16-3-5-17(6-4-16)22-20(27)21(28)23-18-7-9-19(10-8-18)25-13-11-24(2)12-14-25/h3-10H,11-14H2,1-2H3,(H,22,27)(H,23,28). The van der Waals surface area contributed by atoms with Crippen LogP contribution in [-0.4, -0.2) is 55.7 Å². The maximum atomic E-state index is 12.1. The van der Waals surface area contributed by atoms with E-state index in [1.54, 1.807) is 36.4 Å². The summed E-state index contributed by atoms with van der Waals surface area (Å²) in [6, 6.07) is 13.9. The lowest BCUT2D eigenvalue weighted by Crippen LogP contribution is -2.44. The molecule has 0 aromatic heterocycles. The van der Waals surface area contributed by atoms with Crippen molar-refractivity contribution in [1.29, 1.82) is 0 Å². The third-order valence-corrected chi connectivity index (χ3v) is 4.75. The van der Waals surface area contributed by atoms with Gasteiger partial charge in [-0.05, 0) is 62.5 Å². The zero-order valence-electron chi connectivity index (χ0n) is 16.1. The number of anilines is 3. The summed E-state index contributed by atoms with van der Waals surface area (Å²) in [7, 11) is 2.11. The molecule has 1 heterocycles. The number of amides is 2. The first-order valence-corrected chi connectivity index (χ1v) is 9.19. The lowest BCUT2D eigenvalue weighted by molar-refractivity contribution is -0.132. The van der Waals surface area contributed by atoms with Crippen molar-refractivity contribution in [3.8, 4) is 0 Å². The van der Waals surface area contributed by atoms with Gasteiger partial charge >= 0.3 is 11.8 Å². The average molecular weight is 380 g/mol. The predicted molar refractivity (Wildman–Crippen MR) is 110 cm³/mol. The van der Waals surface area contributed by atoms with Crippen LogP contribution < -0.4 is 15.5 Å². The van der Waals surface area contributed by atoms with Crippen LogP contribution in [0.25, 0.3) is 0 Å². The fraction of sp³-hybridized carbons (Fsp3) is 0.286. The molecule has 1 aliphatic rings. The van der Waals surface area contributed by atoms with Gasteiger partial charge in [0.1, 0.15) is 0 Å². The summed E-state index contributed by atoms with van der Waals surface area (Å²) in [5, 5.41) is 5.12. The van der Waals surface area contributed by atoms with E-state index >= 15 is 0 Å². The van der Waals surface area contributed by atoms with Crippen molar-refractivity contribution >= 4 is 34.7 Å². The summed E-state index contributed by atoms with van der Waals surface area (Å²) < 4.78 is 0. The molecule has 7 heteroatoms. The number of ketones is 1. The van der Waals surface area contributed by atoms with Gasteiger partial charge in [0.25, 0.3) is 0 Å². The lowest BCUT2D eigenvalue weighted by atomic mass is 10.1. The second-order valence-corrected chi connectivity index (χ2v) is 6.88. The number of nitrogens with one attached hydrogen (secondary N) is 2. The van der Waals surface area contributed by atoms with Gasteiger partial charge in [0.05, 0.1) is 0 Å². The van der Waals surface area contributed by atoms with Gasteiger partial charge in [-0.2, -0.15) is 0 Å². The highest BCUT2D eigenvalue weighted by Crippen LogP contribution is 2.19. The minimum absolute atomic E-state index is 0.0596. The molecule has 0 aliphatic carbocycles. The molecule has 2 aromatic carbocycles. The molecule has 2 N–H and O–H groups in total. The van der Waals surface area contributed by atoms with Crippen LogP contribution in [0.5, 0.6) is 0 Å². The molecule has 0 atom stereocenters. The van der Waals surface area contributed by atoms with Gasteiger partial charge in [-0.3, -0.25) is 14.4 Å². The average Bonchev–Trinajstić information content (AvgIpc) is 2.69. The fourth-order valence-electron chi connectivity index (χ4n) is 2.98. The summed E-state index contributed by atoms with van der Waals surface area (Å²) in [4.78, 5) is 40.1. The number of likely N-dealkylation sites (N-methyl/N-ethyl adjacent to an activating group) is 1. The number of benzene rings is 2. The van der Waals surface area contributed by atoms with Crippen LogP contribution in [0, 0.1) is 0 Å². The Morgan fingerprint density at radius 2 is 1.21 bits per heavy atom. The summed E-state index contributed by atoms with van der Waals surface area (Å²) in [5.74, 6) is -1.57. The highest BCUT2D eigenvalue weighted by Gasteiger charge is 2.16. The van der Waals surface area contributed by atoms with Crippen molar-refractivity contribution in [2.75, 3.05) is 48.8 Å².